The monoisotopic (exact) mass is 590 g/mol. The van der Waals surface area contributed by atoms with E-state index in [0.29, 0.717) is 17.3 Å². The predicted octanol–water partition coefficient (Wildman–Crippen LogP) is 3.94. The fourth-order valence-corrected chi connectivity index (χ4v) is 5.62. The molecule has 1 unspecified atom stereocenters. The molecule has 1 fully saturated rings. The number of carbonyl (C=O) groups excluding carboxylic acids is 2. The molecule has 0 saturated carbocycles. The fourth-order valence-electron chi connectivity index (χ4n) is 4.10. The van der Waals surface area contributed by atoms with Crippen molar-refractivity contribution < 1.29 is 19.5 Å². The highest BCUT2D eigenvalue weighted by Crippen LogP contribution is 2.26. The topological polar surface area (TPSA) is 130 Å². The molecule has 4 rings (SSSR count). The first kappa shape index (κ1) is 30.6. The molecule has 2 N–H and O–H groups in total. The van der Waals surface area contributed by atoms with E-state index in [1.54, 1.807) is 0 Å². The maximum Gasteiger partial charge on any atom is 0.305 e. The summed E-state index contributed by atoms with van der Waals surface area (Å²) in [5.41, 5.74) is 2.33. The third-order valence-corrected chi connectivity index (χ3v) is 7.84. The lowest BCUT2D eigenvalue weighted by Crippen LogP contribution is -2.42. The first-order valence-electron chi connectivity index (χ1n) is 12.4. The number of hydrogen-bond donors (Lipinski definition) is 2. The molecule has 0 radical (unpaired) electrons. The second-order valence-electron chi connectivity index (χ2n) is 8.98. The van der Waals surface area contributed by atoms with Gasteiger partial charge in [0.25, 0.3) is 5.24 Å². The maximum atomic E-state index is 13.0. The number of aromatic nitrogens is 4. The lowest BCUT2D eigenvalue weighted by atomic mass is 10.1. The Morgan fingerprint density at radius 2 is 1.72 bits per heavy atom. The van der Waals surface area contributed by atoms with E-state index < -0.39 is 29.5 Å². The van der Waals surface area contributed by atoms with Crippen LogP contribution in [0, 0.1) is 0 Å². The molecule has 1 saturated heterocycles. The normalized spacial score (nSPS) is 13.9. The van der Waals surface area contributed by atoms with Crippen LogP contribution < -0.4 is 5.32 Å². The molecule has 0 bridgehead atoms. The lowest BCUT2D eigenvalue weighted by molar-refractivity contribution is -0.139. The van der Waals surface area contributed by atoms with Crippen molar-refractivity contribution in [2.45, 2.75) is 54.9 Å². The number of aryl methyl sites for hydroxylation is 1. The summed E-state index contributed by atoms with van der Waals surface area (Å²) in [6.07, 6.45) is 2.66. The highest BCUT2D eigenvalue weighted by molar-refractivity contribution is 8.13. The van der Waals surface area contributed by atoms with Crippen LogP contribution in [0.5, 0.6) is 0 Å². The standard InChI is InChI=1S/C26H30N6O4S2.ClH/c33-23(22(16-24(34)35)27-26(36)37-15-12-19-6-2-1-3-7-19)18-32-25(28-29-30-32)38-21-10-8-20(9-11-21)17-31-13-4-5-14-31;/h1-3,6-11,22H,4-5,12-18H2,(H,27,36)(H,34,35);1H. The van der Waals surface area contributed by atoms with Gasteiger partial charge in [-0.25, -0.2) is 4.68 Å². The molecule has 39 heavy (non-hydrogen) atoms. The number of likely N-dealkylation sites (tertiary alicyclic amines) is 1. The molecular weight excluding hydrogens is 560 g/mol. The zero-order valence-electron chi connectivity index (χ0n) is 21.3. The van der Waals surface area contributed by atoms with E-state index in [9.17, 15) is 19.5 Å². The molecule has 1 aliphatic heterocycles. The SMILES string of the molecule is Cl.O=C(O)CC(NC(=O)SCCc1ccccc1)C(=O)Cn1nnnc1Sc1ccc(CN2CCCC2)cc1. The second kappa shape index (κ2) is 15.6. The smallest absolute Gasteiger partial charge is 0.305 e. The van der Waals surface area contributed by atoms with Crippen molar-refractivity contribution in [2.24, 2.45) is 0 Å². The van der Waals surface area contributed by atoms with Crippen LogP contribution in [0.2, 0.25) is 0 Å². The number of Topliss-reactive ketones (excluding diaryl/α,β-unsaturated/α-hetero) is 1. The van der Waals surface area contributed by atoms with Crippen molar-refractivity contribution in [1.82, 2.24) is 30.4 Å². The Balaban J connectivity index is 0.00000420. The average Bonchev–Trinajstić information content (AvgIpc) is 3.57. The number of ketones is 1. The van der Waals surface area contributed by atoms with Gasteiger partial charge in [-0.3, -0.25) is 19.3 Å². The summed E-state index contributed by atoms with van der Waals surface area (Å²) < 4.78 is 1.33. The van der Waals surface area contributed by atoms with Crippen molar-refractivity contribution in [3.05, 3.63) is 65.7 Å². The van der Waals surface area contributed by atoms with Gasteiger partial charge in [0.1, 0.15) is 12.6 Å². The number of nitrogens with one attached hydrogen (secondary N) is 1. The Hall–Kier alpha value is -2.93. The van der Waals surface area contributed by atoms with Crippen LogP contribution in [-0.4, -0.2) is 72.1 Å². The first-order chi connectivity index (χ1) is 18.5. The van der Waals surface area contributed by atoms with E-state index in [2.05, 4.69) is 37.9 Å². The van der Waals surface area contributed by atoms with E-state index in [-0.39, 0.29) is 19.0 Å². The Morgan fingerprint density at radius 3 is 2.41 bits per heavy atom. The van der Waals surface area contributed by atoms with Gasteiger partial charge in [0.15, 0.2) is 5.78 Å². The van der Waals surface area contributed by atoms with Crippen LogP contribution in [0.1, 0.15) is 30.4 Å². The summed E-state index contributed by atoms with van der Waals surface area (Å²) in [4.78, 5) is 40.1. The van der Waals surface area contributed by atoms with Gasteiger partial charge in [-0.15, -0.1) is 17.5 Å². The van der Waals surface area contributed by atoms with Crippen LogP contribution in [0.3, 0.4) is 0 Å². The summed E-state index contributed by atoms with van der Waals surface area (Å²) in [6.45, 7) is 2.94. The molecule has 1 atom stereocenters. The number of aliphatic carboxylic acids is 1. The molecule has 10 nitrogen and oxygen atoms in total. The van der Waals surface area contributed by atoms with Crippen molar-refractivity contribution in [2.75, 3.05) is 18.8 Å². The Bertz CT molecular complexity index is 1220. The van der Waals surface area contributed by atoms with E-state index in [1.165, 1.54) is 34.8 Å². The molecule has 1 amide bonds. The summed E-state index contributed by atoms with van der Waals surface area (Å²) in [6, 6.07) is 16.7. The molecule has 1 aromatic heterocycles. The zero-order chi connectivity index (χ0) is 26.7. The van der Waals surface area contributed by atoms with Crippen molar-refractivity contribution in [3.63, 3.8) is 0 Å². The van der Waals surface area contributed by atoms with Gasteiger partial charge in [-0.05, 0) is 77.8 Å². The number of carboxylic acids is 1. The van der Waals surface area contributed by atoms with Gasteiger partial charge in [0, 0.05) is 17.2 Å². The van der Waals surface area contributed by atoms with Gasteiger partial charge in [0.05, 0.1) is 6.42 Å². The van der Waals surface area contributed by atoms with E-state index in [0.717, 1.165) is 41.9 Å². The first-order valence-corrected chi connectivity index (χ1v) is 14.2. The predicted molar refractivity (Wildman–Crippen MR) is 152 cm³/mol. The van der Waals surface area contributed by atoms with Gasteiger partial charge in [-0.1, -0.05) is 54.2 Å². The van der Waals surface area contributed by atoms with Gasteiger partial charge in [0.2, 0.25) is 5.16 Å². The minimum atomic E-state index is -1.18. The van der Waals surface area contributed by atoms with Crippen LogP contribution in [0.25, 0.3) is 0 Å². The highest BCUT2D eigenvalue weighted by Gasteiger charge is 2.25. The van der Waals surface area contributed by atoms with Crippen molar-refractivity contribution in [1.29, 1.82) is 0 Å². The number of tetrazole rings is 1. The molecule has 0 aliphatic carbocycles. The number of halogens is 1. The number of hydrogen-bond acceptors (Lipinski definition) is 9. The molecule has 1 aliphatic rings. The number of thioether (sulfide) groups is 1. The number of rotatable bonds is 13. The van der Waals surface area contributed by atoms with E-state index in [1.807, 2.05) is 42.5 Å². The highest BCUT2D eigenvalue weighted by atomic mass is 35.5. The summed E-state index contributed by atoms with van der Waals surface area (Å²) in [5.74, 6) is -1.16. The number of benzene rings is 2. The number of amides is 1. The van der Waals surface area contributed by atoms with E-state index in [4.69, 9.17) is 0 Å². The molecule has 208 valence electrons. The van der Waals surface area contributed by atoms with Crippen LogP contribution >= 0.6 is 35.9 Å². The number of carbonyl (C=O) groups is 3. The minimum absolute atomic E-state index is 0. The number of nitrogens with zero attached hydrogens (tertiary/aromatic N) is 5. The van der Waals surface area contributed by atoms with Gasteiger partial charge in [-0.2, -0.15) is 0 Å². The third kappa shape index (κ3) is 9.95. The fraction of sp³-hybridized carbons (Fsp3) is 0.385. The second-order valence-corrected chi connectivity index (χ2v) is 11.1. The molecule has 2 aromatic carbocycles. The van der Waals surface area contributed by atoms with Gasteiger partial charge >= 0.3 is 5.97 Å². The van der Waals surface area contributed by atoms with E-state index >= 15 is 0 Å². The number of carboxylic acid groups (broad SMARTS) is 1. The molecule has 13 heteroatoms. The zero-order valence-corrected chi connectivity index (χ0v) is 23.7. The molecule has 3 aromatic rings. The Morgan fingerprint density at radius 1 is 1.00 bits per heavy atom. The van der Waals surface area contributed by atoms with Gasteiger partial charge < -0.3 is 10.4 Å². The van der Waals surface area contributed by atoms with Crippen molar-refractivity contribution >= 4 is 52.9 Å². The Kier molecular flexibility index (Phi) is 12.2. The molecule has 0 spiro atoms. The Labute approximate surface area is 241 Å². The summed E-state index contributed by atoms with van der Waals surface area (Å²) in [5, 5.41) is 23.4. The van der Waals surface area contributed by atoms with Crippen LogP contribution in [-0.2, 0) is 29.1 Å². The molecular formula is C26H31ClN6O4S2. The summed E-state index contributed by atoms with van der Waals surface area (Å²) >= 11 is 2.33. The molecule has 2 heterocycles. The van der Waals surface area contributed by atoms with Crippen LogP contribution in [0.4, 0.5) is 4.79 Å². The average molecular weight is 591 g/mol. The minimum Gasteiger partial charge on any atom is -0.481 e. The summed E-state index contributed by atoms with van der Waals surface area (Å²) in [7, 11) is 0. The maximum absolute atomic E-state index is 13.0. The van der Waals surface area contributed by atoms with Crippen molar-refractivity contribution in [3.8, 4) is 0 Å². The quantitative estimate of drug-likeness (QED) is 0.302. The third-order valence-electron chi connectivity index (χ3n) is 6.07. The lowest BCUT2D eigenvalue weighted by Gasteiger charge is -2.16. The largest absolute Gasteiger partial charge is 0.481 e. The van der Waals surface area contributed by atoms with Crippen LogP contribution in [0.15, 0.2) is 64.6 Å².